The molecule has 2 rings (SSSR count). The fourth-order valence-corrected chi connectivity index (χ4v) is 4.27. The van der Waals surface area contributed by atoms with Crippen LogP contribution < -0.4 is 5.32 Å². The van der Waals surface area contributed by atoms with Crippen molar-refractivity contribution in [2.24, 2.45) is 0 Å². The molecule has 0 aromatic heterocycles. The topological polar surface area (TPSA) is 49.4 Å². The number of carbonyl (C=O) groups excluding carboxylic acids is 2. The first-order valence-corrected chi connectivity index (χ1v) is 12.0. The molecule has 0 aliphatic rings. The number of benzene rings is 2. The summed E-state index contributed by atoms with van der Waals surface area (Å²) >= 11 is 1.59. The first kappa shape index (κ1) is 25.0. The van der Waals surface area contributed by atoms with Gasteiger partial charge in [-0.2, -0.15) is 0 Å². The maximum absolute atomic E-state index is 13.3. The van der Waals surface area contributed by atoms with Crippen LogP contribution in [0.25, 0.3) is 0 Å². The van der Waals surface area contributed by atoms with Crippen LogP contribution in [0, 0.1) is 13.8 Å². The molecule has 1 atom stereocenters. The fraction of sp³-hybridized carbons (Fsp3) is 0.462. The lowest BCUT2D eigenvalue weighted by Gasteiger charge is -2.33. The molecule has 1 N–H and O–H groups in total. The molecule has 5 heteroatoms. The second kappa shape index (κ2) is 11.4. The number of nitrogens with zero attached hydrogens (tertiary/aromatic N) is 1. The van der Waals surface area contributed by atoms with Gasteiger partial charge in [-0.25, -0.2) is 0 Å². The minimum absolute atomic E-state index is 0.00507. The lowest BCUT2D eigenvalue weighted by atomic mass is 10.1. The van der Waals surface area contributed by atoms with Gasteiger partial charge in [0.15, 0.2) is 0 Å². The van der Waals surface area contributed by atoms with E-state index in [-0.39, 0.29) is 17.4 Å². The van der Waals surface area contributed by atoms with Crippen LogP contribution in [0.3, 0.4) is 0 Å². The highest BCUT2D eigenvalue weighted by molar-refractivity contribution is 7.99. The summed E-state index contributed by atoms with van der Waals surface area (Å²) in [5, 5.41) is 3.05. The van der Waals surface area contributed by atoms with E-state index in [1.165, 1.54) is 11.1 Å². The van der Waals surface area contributed by atoms with E-state index in [2.05, 4.69) is 42.6 Å². The number of hydrogen-bond acceptors (Lipinski definition) is 3. The van der Waals surface area contributed by atoms with Gasteiger partial charge in [0.25, 0.3) is 0 Å². The van der Waals surface area contributed by atoms with Crippen molar-refractivity contribution in [3.05, 3.63) is 70.8 Å². The van der Waals surface area contributed by atoms with Gasteiger partial charge in [0, 0.05) is 17.8 Å². The minimum atomic E-state index is -0.493. The van der Waals surface area contributed by atoms with Gasteiger partial charge in [-0.05, 0) is 52.2 Å². The zero-order valence-corrected chi connectivity index (χ0v) is 20.5. The summed E-state index contributed by atoms with van der Waals surface area (Å²) in [4.78, 5) is 28.0. The first-order valence-electron chi connectivity index (χ1n) is 10.9. The van der Waals surface area contributed by atoms with Crippen molar-refractivity contribution in [3.63, 3.8) is 0 Å². The number of rotatable bonds is 9. The van der Waals surface area contributed by atoms with Crippen molar-refractivity contribution in [1.29, 1.82) is 0 Å². The molecule has 2 aromatic carbocycles. The van der Waals surface area contributed by atoms with Crippen molar-refractivity contribution in [3.8, 4) is 0 Å². The van der Waals surface area contributed by atoms with Crippen LogP contribution in [0.4, 0.5) is 0 Å². The quantitative estimate of drug-likeness (QED) is 0.579. The molecule has 0 unspecified atom stereocenters. The lowest BCUT2D eigenvalue weighted by molar-refractivity contribution is -0.140. The molecule has 0 spiro atoms. The van der Waals surface area contributed by atoms with Gasteiger partial charge in [-0.1, -0.05) is 66.6 Å². The zero-order valence-electron chi connectivity index (χ0n) is 19.7. The maximum atomic E-state index is 13.3. The van der Waals surface area contributed by atoms with Crippen molar-refractivity contribution in [2.45, 2.75) is 71.8 Å². The van der Waals surface area contributed by atoms with E-state index < -0.39 is 6.04 Å². The Kier molecular flexibility index (Phi) is 9.17. The Bertz CT molecular complexity index is 872. The largest absolute Gasteiger partial charge is 0.350 e. The zero-order chi connectivity index (χ0) is 23.0. The fourth-order valence-electron chi connectivity index (χ4n) is 3.40. The Morgan fingerprint density at radius 2 is 1.68 bits per heavy atom. The summed E-state index contributed by atoms with van der Waals surface area (Å²) in [6.07, 6.45) is 0.572. The van der Waals surface area contributed by atoms with Gasteiger partial charge in [-0.15, -0.1) is 11.8 Å². The molecule has 0 aliphatic heterocycles. The predicted molar refractivity (Wildman–Crippen MR) is 131 cm³/mol. The molecule has 0 heterocycles. The highest BCUT2D eigenvalue weighted by Crippen LogP contribution is 2.18. The van der Waals surface area contributed by atoms with E-state index in [0.29, 0.717) is 18.7 Å². The number of aryl methyl sites for hydroxylation is 2. The van der Waals surface area contributed by atoms with Crippen molar-refractivity contribution in [1.82, 2.24) is 10.2 Å². The Morgan fingerprint density at radius 3 is 2.26 bits per heavy atom. The summed E-state index contributed by atoms with van der Waals surface area (Å²) in [6.45, 7) is 12.4. The summed E-state index contributed by atoms with van der Waals surface area (Å²) in [5.74, 6) is 1.02. The second-order valence-electron chi connectivity index (χ2n) is 9.15. The predicted octanol–water partition coefficient (Wildman–Crippen LogP) is 5.26. The molecule has 2 amide bonds. The number of nitrogens with one attached hydrogen (secondary N) is 1. The first-order chi connectivity index (χ1) is 14.6. The van der Waals surface area contributed by atoms with Crippen LogP contribution in [0.2, 0.25) is 0 Å². The van der Waals surface area contributed by atoms with Crippen molar-refractivity contribution in [2.75, 3.05) is 5.75 Å². The highest BCUT2D eigenvalue weighted by Gasteiger charge is 2.30. The Labute approximate surface area is 191 Å². The van der Waals surface area contributed by atoms with E-state index in [9.17, 15) is 9.59 Å². The number of carbonyl (C=O) groups is 2. The van der Waals surface area contributed by atoms with Crippen molar-refractivity contribution < 1.29 is 9.59 Å². The van der Waals surface area contributed by atoms with Crippen molar-refractivity contribution >= 4 is 23.6 Å². The molecule has 0 aliphatic carbocycles. The van der Waals surface area contributed by atoms with Gasteiger partial charge in [0.05, 0.1) is 5.75 Å². The Hall–Kier alpha value is -2.27. The third-order valence-electron chi connectivity index (χ3n) is 4.93. The van der Waals surface area contributed by atoms with Crippen LogP contribution in [0.1, 0.15) is 56.4 Å². The van der Waals surface area contributed by atoms with Gasteiger partial charge >= 0.3 is 0 Å². The molecule has 0 radical (unpaired) electrons. The lowest BCUT2D eigenvalue weighted by Crippen LogP contribution is -2.53. The molecule has 0 saturated heterocycles. The molecule has 0 saturated carbocycles. The summed E-state index contributed by atoms with van der Waals surface area (Å²) in [5.41, 5.74) is 4.27. The van der Waals surface area contributed by atoms with E-state index in [1.807, 2.05) is 52.8 Å². The second-order valence-corrected chi connectivity index (χ2v) is 10.1. The molecular weight excluding hydrogens is 404 g/mol. The molecule has 2 aromatic rings. The molecular formula is C26H36N2O2S. The smallest absolute Gasteiger partial charge is 0.243 e. The normalized spacial score (nSPS) is 12.3. The van der Waals surface area contributed by atoms with Gasteiger partial charge in [-0.3, -0.25) is 9.59 Å². The summed E-state index contributed by atoms with van der Waals surface area (Å²) < 4.78 is 0. The van der Waals surface area contributed by atoms with Crippen LogP contribution in [-0.2, 0) is 21.9 Å². The van der Waals surface area contributed by atoms with E-state index >= 15 is 0 Å². The van der Waals surface area contributed by atoms with Crippen LogP contribution in [-0.4, -0.2) is 34.0 Å². The number of hydrogen-bond donors (Lipinski definition) is 1. The van der Waals surface area contributed by atoms with E-state index in [0.717, 1.165) is 16.9 Å². The van der Waals surface area contributed by atoms with Gasteiger partial charge in [0.1, 0.15) is 6.04 Å². The third-order valence-corrected chi connectivity index (χ3v) is 5.92. The standard InChI is InChI=1S/C26H36N2O2S/c1-7-23(25(30)27-26(4,5)6)28(16-22-10-8-9-20(3)15-22)24(29)18-31-17-21-13-11-19(2)12-14-21/h8-15,23H,7,16-18H2,1-6H3,(H,27,30)/t23-/m1/s1. The third kappa shape index (κ3) is 8.41. The Balaban J connectivity index is 2.15. The minimum Gasteiger partial charge on any atom is -0.350 e. The maximum Gasteiger partial charge on any atom is 0.243 e. The van der Waals surface area contributed by atoms with Crippen LogP contribution in [0.15, 0.2) is 48.5 Å². The molecule has 31 heavy (non-hydrogen) atoms. The molecule has 168 valence electrons. The van der Waals surface area contributed by atoms with Crippen LogP contribution in [0.5, 0.6) is 0 Å². The number of thioether (sulfide) groups is 1. The summed E-state index contributed by atoms with van der Waals surface area (Å²) in [6, 6.07) is 16.0. The number of amides is 2. The van der Waals surface area contributed by atoms with Gasteiger partial charge in [0.2, 0.25) is 11.8 Å². The SMILES string of the molecule is CC[C@H](C(=O)NC(C)(C)C)N(Cc1cccc(C)c1)C(=O)CSCc1ccc(C)cc1. The molecule has 4 nitrogen and oxygen atoms in total. The Morgan fingerprint density at radius 1 is 1.00 bits per heavy atom. The monoisotopic (exact) mass is 440 g/mol. The average molecular weight is 441 g/mol. The van der Waals surface area contributed by atoms with E-state index in [1.54, 1.807) is 16.7 Å². The molecule has 0 bridgehead atoms. The van der Waals surface area contributed by atoms with E-state index in [4.69, 9.17) is 0 Å². The van der Waals surface area contributed by atoms with Crippen LogP contribution >= 0.6 is 11.8 Å². The van der Waals surface area contributed by atoms with Gasteiger partial charge < -0.3 is 10.2 Å². The summed E-state index contributed by atoms with van der Waals surface area (Å²) in [7, 11) is 0. The highest BCUT2D eigenvalue weighted by atomic mass is 32.2. The molecule has 0 fully saturated rings. The average Bonchev–Trinajstić information content (AvgIpc) is 2.68.